The van der Waals surface area contributed by atoms with Crippen molar-refractivity contribution in [2.24, 2.45) is 4.99 Å². The molecule has 0 aliphatic carbocycles. The molecule has 0 radical (unpaired) electrons. The SMILES string of the molecule is CCNC(=NCc1ccccc1-n1nc(C)cc1C)N1CC[C@@H](O)C1.I. The van der Waals surface area contributed by atoms with E-state index >= 15 is 0 Å². The highest BCUT2D eigenvalue weighted by atomic mass is 127. The first-order chi connectivity index (χ1) is 12.1. The zero-order valence-corrected chi connectivity index (χ0v) is 18.0. The van der Waals surface area contributed by atoms with Gasteiger partial charge in [0, 0.05) is 25.3 Å². The Labute approximate surface area is 172 Å². The van der Waals surface area contributed by atoms with Crippen LogP contribution in [0, 0.1) is 13.8 Å². The van der Waals surface area contributed by atoms with Crippen molar-refractivity contribution in [3.05, 3.63) is 47.3 Å². The number of aliphatic hydroxyl groups is 1. The number of β-amino-alcohol motifs (C(OH)–C–C–N with tert-alkyl or cyclic N) is 1. The number of aryl methyl sites for hydroxylation is 2. The molecule has 0 spiro atoms. The van der Waals surface area contributed by atoms with E-state index in [9.17, 15) is 5.11 Å². The van der Waals surface area contributed by atoms with E-state index in [0.717, 1.165) is 48.1 Å². The molecule has 2 aromatic rings. The quantitative estimate of drug-likeness (QED) is 0.411. The number of aliphatic imine (C=N–C) groups is 1. The summed E-state index contributed by atoms with van der Waals surface area (Å²) in [5.41, 5.74) is 4.32. The van der Waals surface area contributed by atoms with Crippen LogP contribution in [0.5, 0.6) is 0 Å². The van der Waals surface area contributed by atoms with Gasteiger partial charge in [-0.1, -0.05) is 18.2 Å². The lowest BCUT2D eigenvalue weighted by atomic mass is 10.2. The average molecular weight is 469 g/mol. The van der Waals surface area contributed by atoms with Crippen molar-refractivity contribution in [2.75, 3.05) is 19.6 Å². The van der Waals surface area contributed by atoms with Crippen LogP contribution in [0.2, 0.25) is 0 Å². The predicted octanol–water partition coefficient (Wildman–Crippen LogP) is 2.64. The molecule has 1 aliphatic heterocycles. The van der Waals surface area contributed by atoms with Crippen molar-refractivity contribution in [1.82, 2.24) is 20.0 Å². The molecule has 1 aromatic carbocycles. The number of para-hydroxylation sites is 1. The molecule has 1 atom stereocenters. The average Bonchev–Trinajstić information content (AvgIpc) is 3.17. The first-order valence-electron chi connectivity index (χ1n) is 8.91. The lowest BCUT2D eigenvalue weighted by Crippen LogP contribution is -2.40. The minimum Gasteiger partial charge on any atom is -0.391 e. The van der Waals surface area contributed by atoms with Gasteiger partial charge in [0.2, 0.25) is 0 Å². The summed E-state index contributed by atoms with van der Waals surface area (Å²) in [6.45, 7) is 9.00. The van der Waals surface area contributed by atoms with Crippen LogP contribution in [0.25, 0.3) is 5.69 Å². The Hall–Kier alpha value is -1.61. The monoisotopic (exact) mass is 469 g/mol. The van der Waals surface area contributed by atoms with Crippen LogP contribution in [0.15, 0.2) is 35.3 Å². The normalized spacial score (nSPS) is 17.3. The highest BCUT2D eigenvalue weighted by Crippen LogP contribution is 2.18. The third-order valence-corrected chi connectivity index (χ3v) is 4.43. The van der Waals surface area contributed by atoms with Crippen LogP contribution in [0.1, 0.15) is 30.3 Å². The molecule has 0 bridgehead atoms. The largest absolute Gasteiger partial charge is 0.391 e. The van der Waals surface area contributed by atoms with Crippen molar-refractivity contribution < 1.29 is 5.11 Å². The summed E-state index contributed by atoms with van der Waals surface area (Å²) in [4.78, 5) is 6.93. The molecule has 1 aliphatic rings. The molecule has 3 rings (SSSR count). The molecular formula is C19H28IN5O. The lowest BCUT2D eigenvalue weighted by molar-refractivity contribution is 0.188. The van der Waals surface area contributed by atoms with Gasteiger partial charge in [-0.25, -0.2) is 9.67 Å². The zero-order valence-electron chi connectivity index (χ0n) is 15.6. The third-order valence-electron chi connectivity index (χ3n) is 4.43. The van der Waals surface area contributed by atoms with Gasteiger partial charge in [-0.2, -0.15) is 5.10 Å². The van der Waals surface area contributed by atoms with Gasteiger partial charge in [0.1, 0.15) is 0 Å². The van der Waals surface area contributed by atoms with Crippen LogP contribution < -0.4 is 5.32 Å². The predicted molar refractivity (Wildman–Crippen MR) is 115 cm³/mol. The van der Waals surface area contributed by atoms with E-state index in [0.29, 0.717) is 13.1 Å². The van der Waals surface area contributed by atoms with Crippen LogP contribution in [0.3, 0.4) is 0 Å². The van der Waals surface area contributed by atoms with Gasteiger partial charge in [-0.15, -0.1) is 24.0 Å². The van der Waals surface area contributed by atoms with E-state index in [4.69, 9.17) is 4.99 Å². The van der Waals surface area contributed by atoms with Crippen molar-refractivity contribution in [2.45, 2.75) is 39.8 Å². The van der Waals surface area contributed by atoms with Crippen molar-refractivity contribution >= 4 is 29.9 Å². The van der Waals surface area contributed by atoms with E-state index < -0.39 is 0 Å². The maximum absolute atomic E-state index is 9.79. The molecule has 1 fully saturated rings. The summed E-state index contributed by atoms with van der Waals surface area (Å²) in [5, 5.41) is 17.7. The van der Waals surface area contributed by atoms with Crippen LogP contribution in [0.4, 0.5) is 0 Å². The molecular weight excluding hydrogens is 441 g/mol. The lowest BCUT2D eigenvalue weighted by Gasteiger charge is -2.21. The maximum Gasteiger partial charge on any atom is 0.194 e. The number of nitrogens with zero attached hydrogens (tertiary/aromatic N) is 4. The highest BCUT2D eigenvalue weighted by Gasteiger charge is 2.22. The third kappa shape index (κ3) is 4.76. The van der Waals surface area contributed by atoms with Gasteiger partial charge in [-0.05, 0) is 44.9 Å². The molecule has 6 nitrogen and oxygen atoms in total. The Kier molecular flexibility index (Phi) is 7.45. The number of benzene rings is 1. The molecule has 1 saturated heterocycles. The van der Waals surface area contributed by atoms with Gasteiger partial charge in [0.25, 0.3) is 0 Å². The maximum atomic E-state index is 9.79. The number of rotatable bonds is 4. The van der Waals surface area contributed by atoms with Crippen LogP contribution in [-0.4, -0.2) is 51.5 Å². The van der Waals surface area contributed by atoms with Gasteiger partial charge in [-0.3, -0.25) is 0 Å². The highest BCUT2D eigenvalue weighted by molar-refractivity contribution is 14.0. The topological polar surface area (TPSA) is 65.7 Å². The van der Waals surface area contributed by atoms with E-state index in [-0.39, 0.29) is 30.1 Å². The molecule has 7 heteroatoms. The zero-order chi connectivity index (χ0) is 17.8. The fourth-order valence-corrected chi connectivity index (χ4v) is 3.24. The number of guanidine groups is 1. The van der Waals surface area contributed by atoms with Crippen molar-refractivity contribution in [1.29, 1.82) is 0 Å². The molecule has 26 heavy (non-hydrogen) atoms. The standard InChI is InChI=1S/C19H27N5O.HI/c1-4-20-19(23-10-9-17(25)13-23)21-12-16-7-5-6-8-18(16)24-15(3)11-14(2)22-24;/h5-8,11,17,25H,4,9-10,12-13H2,1-3H3,(H,20,21);1H/t17-;/m1./s1. The summed E-state index contributed by atoms with van der Waals surface area (Å²) in [6, 6.07) is 10.3. The first-order valence-corrected chi connectivity index (χ1v) is 8.91. The van der Waals surface area contributed by atoms with Crippen molar-refractivity contribution in [3.63, 3.8) is 0 Å². The summed E-state index contributed by atoms with van der Waals surface area (Å²) in [7, 11) is 0. The van der Waals surface area contributed by atoms with E-state index in [1.165, 1.54) is 0 Å². The first kappa shape index (κ1) is 20.7. The molecule has 0 amide bonds. The van der Waals surface area contributed by atoms with Gasteiger partial charge in [0.15, 0.2) is 5.96 Å². The fourth-order valence-electron chi connectivity index (χ4n) is 3.24. The Morgan fingerprint density at radius 1 is 1.35 bits per heavy atom. The minimum absolute atomic E-state index is 0. The van der Waals surface area contributed by atoms with E-state index in [1.807, 2.05) is 23.7 Å². The van der Waals surface area contributed by atoms with Gasteiger partial charge < -0.3 is 15.3 Å². The second-order valence-electron chi connectivity index (χ2n) is 6.53. The Balaban J connectivity index is 0.00000243. The molecule has 1 aromatic heterocycles. The summed E-state index contributed by atoms with van der Waals surface area (Å²) < 4.78 is 1.98. The van der Waals surface area contributed by atoms with E-state index in [1.54, 1.807) is 0 Å². The second-order valence-corrected chi connectivity index (χ2v) is 6.53. The number of hydrogen-bond acceptors (Lipinski definition) is 3. The summed E-state index contributed by atoms with van der Waals surface area (Å²) >= 11 is 0. The summed E-state index contributed by atoms with van der Waals surface area (Å²) in [5.74, 6) is 0.863. The molecule has 142 valence electrons. The second kappa shape index (κ2) is 9.36. The van der Waals surface area contributed by atoms with E-state index in [2.05, 4.69) is 47.4 Å². The number of aliphatic hydroxyl groups excluding tert-OH is 1. The fraction of sp³-hybridized carbons (Fsp3) is 0.474. The molecule has 2 N–H and O–H groups in total. The number of aromatic nitrogens is 2. The Morgan fingerprint density at radius 3 is 2.73 bits per heavy atom. The van der Waals surface area contributed by atoms with Gasteiger partial charge in [0.05, 0.1) is 24.0 Å². The smallest absolute Gasteiger partial charge is 0.194 e. The Morgan fingerprint density at radius 2 is 2.12 bits per heavy atom. The minimum atomic E-state index is -0.258. The molecule has 2 heterocycles. The number of nitrogens with one attached hydrogen (secondary N) is 1. The van der Waals surface area contributed by atoms with Crippen LogP contribution in [-0.2, 0) is 6.54 Å². The summed E-state index contributed by atoms with van der Waals surface area (Å²) in [6.07, 6.45) is 0.540. The Bertz CT molecular complexity index is 758. The number of likely N-dealkylation sites (tertiary alicyclic amines) is 1. The number of hydrogen-bond donors (Lipinski definition) is 2. The molecule has 0 saturated carbocycles. The van der Waals surface area contributed by atoms with Crippen molar-refractivity contribution in [3.8, 4) is 5.69 Å². The van der Waals surface area contributed by atoms with Gasteiger partial charge >= 0.3 is 0 Å². The van der Waals surface area contributed by atoms with Crippen LogP contribution >= 0.6 is 24.0 Å². The number of halogens is 1. The molecule has 0 unspecified atom stereocenters.